The molecule has 0 bridgehead atoms. The molecular formula is C67H106O6. The van der Waals surface area contributed by atoms with Crippen LogP contribution in [0.3, 0.4) is 0 Å². The van der Waals surface area contributed by atoms with Crippen molar-refractivity contribution >= 4 is 17.9 Å². The Morgan fingerprint density at radius 1 is 0.288 bits per heavy atom. The van der Waals surface area contributed by atoms with Gasteiger partial charge >= 0.3 is 17.9 Å². The molecule has 0 aromatic rings. The van der Waals surface area contributed by atoms with Crippen LogP contribution < -0.4 is 0 Å². The summed E-state index contributed by atoms with van der Waals surface area (Å²) in [5, 5.41) is 0. The number of hydrogen-bond donors (Lipinski definition) is 0. The van der Waals surface area contributed by atoms with Gasteiger partial charge in [0.25, 0.3) is 0 Å². The molecule has 0 aliphatic heterocycles. The summed E-state index contributed by atoms with van der Waals surface area (Å²) < 4.78 is 16.8. The summed E-state index contributed by atoms with van der Waals surface area (Å²) in [5.41, 5.74) is 0. The van der Waals surface area contributed by atoms with Crippen molar-refractivity contribution in [1.29, 1.82) is 0 Å². The lowest BCUT2D eigenvalue weighted by Gasteiger charge is -2.18. The predicted molar refractivity (Wildman–Crippen MR) is 315 cm³/mol. The van der Waals surface area contributed by atoms with Gasteiger partial charge in [0, 0.05) is 19.3 Å². The Hall–Kier alpha value is -4.71. The highest BCUT2D eigenvalue weighted by atomic mass is 16.6. The standard InChI is InChI=1S/C67H106O6/c1-4-7-10-13-16-19-22-25-28-31-33-36-39-42-45-48-51-54-57-60-66(69)72-63-64(62-71-65(68)59-56-53-50-47-44-41-38-35-30-27-24-21-18-15-12-9-6-3)73-67(70)61-58-55-52-49-46-43-40-37-34-32-29-26-23-20-17-14-11-8-5-2/h7,9-10,12,16-21,25-30,33,36,38,41-42,45,47,50,64H,4-6,8,11,13-15,22-24,31-32,34-35,37,39-40,43-44,46,48-49,51-63H2,1-3H3/b10-7-,12-9-,19-16-,20-17-,21-18-,28-25-,29-26-,30-27-,36-33-,41-38-,45-42-,50-47-/t64-/m1/s1. The molecule has 410 valence electrons. The molecule has 0 aromatic carbocycles. The molecule has 0 spiro atoms. The number of carbonyl (C=O) groups excluding carboxylic acids is 3. The van der Waals surface area contributed by atoms with Gasteiger partial charge in [0.15, 0.2) is 6.10 Å². The van der Waals surface area contributed by atoms with Gasteiger partial charge in [0.05, 0.1) is 0 Å². The first-order chi connectivity index (χ1) is 36.0. The lowest BCUT2D eigenvalue weighted by molar-refractivity contribution is -0.167. The van der Waals surface area contributed by atoms with E-state index in [0.717, 1.165) is 122 Å². The van der Waals surface area contributed by atoms with Crippen molar-refractivity contribution in [1.82, 2.24) is 0 Å². The van der Waals surface area contributed by atoms with Crippen LogP contribution in [0.4, 0.5) is 0 Å². The Morgan fingerprint density at radius 2 is 0.548 bits per heavy atom. The molecule has 0 radical (unpaired) electrons. The highest BCUT2D eigenvalue weighted by Crippen LogP contribution is 2.14. The first-order valence-electron chi connectivity index (χ1n) is 29.3. The molecule has 0 N–H and O–H groups in total. The Kier molecular flexibility index (Phi) is 56.0. The van der Waals surface area contributed by atoms with Crippen molar-refractivity contribution < 1.29 is 28.6 Å². The minimum Gasteiger partial charge on any atom is -0.462 e. The van der Waals surface area contributed by atoms with E-state index in [1.165, 1.54) is 70.6 Å². The van der Waals surface area contributed by atoms with Crippen LogP contribution in [-0.4, -0.2) is 37.2 Å². The number of allylic oxidation sites excluding steroid dienone is 24. The summed E-state index contributed by atoms with van der Waals surface area (Å²) in [6.07, 6.45) is 85.5. The zero-order valence-corrected chi connectivity index (χ0v) is 46.8. The van der Waals surface area contributed by atoms with Gasteiger partial charge in [-0.3, -0.25) is 14.4 Å². The summed E-state index contributed by atoms with van der Waals surface area (Å²) in [6.45, 7) is 6.30. The van der Waals surface area contributed by atoms with Crippen LogP contribution in [0.15, 0.2) is 146 Å². The van der Waals surface area contributed by atoms with Gasteiger partial charge in [-0.25, -0.2) is 0 Å². The van der Waals surface area contributed by atoms with E-state index in [-0.39, 0.29) is 37.5 Å². The summed E-state index contributed by atoms with van der Waals surface area (Å²) >= 11 is 0. The Bertz CT molecular complexity index is 1630. The zero-order valence-electron chi connectivity index (χ0n) is 46.8. The molecule has 0 saturated carbocycles. The lowest BCUT2D eigenvalue weighted by atomic mass is 10.1. The van der Waals surface area contributed by atoms with Gasteiger partial charge in [-0.1, -0.05) is 231 Å². The van der Waals surface area contributed by atoms with Crippen LogP contribution in [0, 0.1) is 0 Å². The summed E-state index contributed by atoms with van der Waals surface area (Å²) in [5.74, 6) is -1.02. The number of unbranched alkanes of at least 4 members (excludes halogenated alkanes) is 16. The second-order valence-corrected chi connectivity index (χ2v) is 18.8. The molecule has 0 unspecified atom stereocenters. The third-order valence-electron chi connectivity index (χ3n) is 11.8. The maximum absolute atomic E-state index is 12.9. The lowest BCUT2D eigenvalue weighted by Crippen LogP contribution is -2.30. The zero-order chi connectivity index (χ0) is 52.9. The number of hydrogen-bond acceptors (Lipinski definition) is 6. The quantitative estimate of drug-likeness (QED) is 0.0261. The average molecular weight is 1010 g/mol. The summed E-state index contributed by atoms with van der Waals surface area (Å²) in [7, 11) is 0. The number of rotatable bonds is 51. The third-order valence-corrected chi connectivity index (χ3v) is 11.8. The van der Waals surface area contributed by atoms with Gasteiger partial charge in [-0.2, -0.15) is 0 Å². The average Bonchev–Trinajstić information content (AvgIpc) is 3.39. The van der Waals surface area contributed by atoms with Crippen LogP contribution >= 0.6 is 0 Å². The minimum atomic E-state index is -0.825. The van der Waals surface area contributed by atoms with Gasteiger partial charge in [-0.15, -0.1) is 0 Å². The molecule has 0 aliphatic carbocycles. The Morgan fingerprint density at radius 3 is 0.904 bits per heavy atom. The normalized spacial score (nSPS) is 13.2. The number of carbonyl (C=O) groups is 3. The van der Waals surface area contributed by atoms with Crippen molar-refractivity contribution in [3.63, 3.8) is 0 Å². The predicted octanol–water partition coefficient (Wildman–Crippen LogP) is 20.0. The first-order valence-corrected chi connectivity index (χ1v) is 29.3. The summed E-state index contributed by atoms with van der Waals surface area (Å²) in [6, 6.07) is 0. The Labute approximate surface area is 448 Å². The molecule has 0 aliphatic rings. The van der Waals surface area contributed by atoms with E-state index in [4.69, 9.17) is 14.2 Å². The fraction of sp³-hybridized carbons (Fsp3) is 0.597. The van der Waals surface area contributed by atoms with Crippen LogP contribution in [0.5, 0.6) is 0 Å². The van der Waals surface area contributed by atoms with Gasteiger partial charge in [-0.05, 0) is 135 Å². The van der Waals surface area contributed by atoms with Gasteiger partial charge in [0.2, 0.25) is 0 Å². The fourth-order valence-corrected chi connectivity index (χ4v) is 7.47. The van der Waals surface area contributed by atoms with E-state index in [2.05, 4.69) is 167 Å². The number of ether oxygens (including phenoxy) is 3. The highest BCUT2D eigenvalue weighted by molar-refractivity contribution is 5.71. The van der Waals surface area contributed by atoms with Crippen molar-refractivity contribution in [3.8, 4) is 0 Å². The molecule has 6 nitrogen and oxygen atoms in total. The largest absolute Gasteiger partial charge is 0.462 e. The minimum absolute atomic E-state index is 0.120. The second-order valence-electron chi connectivity index (χ2n) is 18.8. The summed E-state index contributed by atoms with van der Waals surface area (Å²) in [4.78, 5) is 38.2. The third kappa shape index (κ3) is 58.1. The van der Waals surface area contributed by atoms with Crippen molar-refractivity contribution in [2.24, 2.45) is 0 Å². The van der Waals surface area contributed by atoms with Crippen LogP contribution in [0.2, 0.25) is 0 Å². The maximum Gasteiger partial charge on any atom is 0.306 e. The molecule has 0 heterocycles. The van der Waals surface area contributed by atoms with E-state index < -0.39 is 6.10 Å². The highest BCUT2D eigenvalue weighted by Gasteiger charge is 2.19. The molecule has 73 heavy (non-hydrogen) atoms. The van der Waals surface area contributed by atoms with E-state index in [1.807, 2.05) is 0 Å². The number of esters is 3. The van der Waals surface area contributed by atoms with Crippen LogP contribution in [0.25, 0.3) is 0 Å². The van der Waals surface area contributed by atoms with Crippen molar-refractivity contribution in [2.45, 2.75) is 245 Å². The second kappa shape index (κ2) is 59.8. The van der Waals surface area contributed by atoms with E-state index in [0.29, 0.717) is 19.3 Å². The van der Waals surface area contributed by atoms with Gasteiger partial charge < -0.3 is 14.2 Å². The van der Waals surface area contributed by atoms with Crippen molar-refractivity contribution in [2.75, 3.05) is 13.2 Å². The monoisotopic (exact) mass is 1010 g/mol. The van der Waals surface area contributed by atoms with Gasteiger partial charge in [0.1, 0.15) is 13.2 Å². The van der Waals surface area contributed by atoms with E-state index >= 15 is 0 Å². The molecule has 0 aromatic heterocycles. The topological polar surface area (TPSA) is 78.9 Å². The molecular weight excluding hydrogens is 901 g/mol. The fourth-order valence-electron chi connectivity index (χ4n) is 7.47. The molecule has 1 atom stereocenters. The molecule has 0 amide bonds. The molecule has 0 fully saturated rings. The smallest absolute Gasteiger partial charge is 0.306 e. The van der Waals surface area contributed by atoms with E-state index in [1.54, 1.807) is 0 Å². The van der Waals surface area contributed by atoms with Crippen LogP contribution in [-0.2, 0) is 28.6 Å². The maximum atomic E-state index is 12.9. The molecule has 6 heteroatoms. The van der Waals surface area contributed by atoms with E-state index in [9.17, 15) is 14.4 Å². The molecule has 0 rings (SSSR count). The SMILES string of the molecule is CC/C=C\C/C=C\C/C=C\C/C=C\C/C=C\CCCCCC(=O)OC[C@@H](COC(=O)CCC/C=C\C/C=C\C/C=C\C/C=C\C/C=C\CC)OC(=O)CCCCCCCCCCC/C=C\C/C=C\CCCCC. The molecule has 0 saturated heterocycles. The van der Waals surface area contributed by atoms with Crippen LogP contribution in [0.1, 0.15) is 239 Å². The van der Waals surface area contributed by atoms with Crippen molar-refractivity contribution in [3.05, 3.63) is 146 Å². The first kappa shape index (κ1) is 68.3. The Balaban J connectivity index is 4.56.